The van der Waals surface area contributed by atoms with Crippen LogP contribution in [0.2, 0.25) is 0 Å². The van der Waals surface area contributed by atoms with Crippen LogP contribution in [0.5, 0.6) is 0 Å². The van der Waals surface area contributed by atoms with Crippen LogP contribution < -0.4 is 0 Å². The third-order valence-corrected chi connectivity index (χ3v) is 2.82. The van der Waals surface area contributed by atoms with Gasteiger partial charge in [-0.15, -0.1) is 0 Å². The van der Waals surface area contributed by atoms with Gasteiger partial charge < -0.3 is 9.26 Å². The minimum atomic E-state index is -0.619. The van der Waals surface area contributed by atoms with Gasteiger partial charge in [-0.2, -0.15) is 4.98 Å². The molecule has 1 aromatic carbocycles. The van der Waals surface area contributed by atoms with Gasteiger partial charge in [0.25, 0.3) is 0 Å². The molecule has 0 unspecified atom stereocenters. The first-order valence-electron chi connectivity index (χ1n) is 4.84. The number of benzene rings is 1. The second-order valence-electron chi connectivity index (χ2n) is 3.31. The molecule has 0 bridgehead atoms. The maximum atomic E-state index is 11.1. The van der Waals surface area contributed by atoms with E-state index in [0.29, 0.717) is 12.2 Å². The molecule has 17 heavy (non-hydrogen) atoms. The Hall–Kier alpha value is -1.44. The summed E-state index contributed by atoms with van der Waals surface area (Å²) >= 11 is 2.23. The summed E-state index contributed by atoms with van der Waals surface area (Å²) in [5.74, 6) is -0.272. The molecule has 88 valence electrons. The van der Waals surface area contributed by atoms with Crippen molar-refractivity contribution in [2.75, 3.05) is 7.11 Å². The predicted octanol–water partition coefficient (Wildman–Crippen LogP) is 2.05. The first-order chi connectivity index (χ1) is 8.19. The van der Waals surface area contributed by atoms with Gasteiger partial charge in [0.05, 0.1) is 7.11 Å². The molecule has 6 heteroatoms. The molecule has 0 radical (unpaired) electrons. The molecule has 1 heterocycles. The van der Waals surface area contributed by atoms with Gasteiger partial charge in [0.15, 0.2) is 5.82 Å². The largest absolute Gasteiger partial charge is 0.462 e. The van der Waals surface area contributed by atoms with Crippen molar-refractivity contribution in [3.05, 3.63) is 45.1 Å². The van der Waals surface area contributed by atoms with Crippen molar-refractivity contribution in [1.29, 1.82) is 0 Å². The van der Waals surface area contributed by atoms with Crippen LogP contribution in [0, 0.1) is 3.57 Å². The lowest BCUT2D eigenvalue weighted by molar-refractivity contribution is 0.0545. The molecule has 0 amide bonds. The van der Waals surface area contributed by atoms with E-state index in [0.717, 1.165) is 9.13 Å². The summed E-state index contributed by atoms with van der Waals surface area (Å²) in [6.07, 6.45) is 0.525. The number of hydrogen-bond donors (Lipinski definition) is 0. The van der Waals surface area contributed by atoms with Crippen LogP contribution in [0.25, 0.3) is 0 Å². The van der Waals surface area contributed by atoms with Gasteiger partial charge in [0.2, 0.25) is 0 Å². The van der Waals surface area contributed by atoms with Crippen molar-refractivity contribution in [1.82, 2.24) is 10.1 Å². The number of carbonyl (C=O) groups excluding carboxylic acids is 1. The lowest BCUT2D eigenvalue weighted by atomic mass is 10.1. The van der Waals surface area contributed by atoms with Gasteiger partial charge in [0, 0.05) is 9.99 Å². The highest BCUT2D eigenvalue weighted by molar-refractivity contribution is 14.1. The molecular formula is C11H9IN2O3. The van der Waals surface area contributed by atoms with E-state index >= 15 is 0 Å². The van der Waals surface area contributed by atoms with E-state index < -0.39 is 5.97 Å². The summed E-state index contributed by atoms with van der Waals surface area (Å²) < 4.78 is 10.4. The van der Waals surface area contributed by atoms with Crippen LogP contribution in [-0.4, -0.2) is 23.2 Å². The third kappa shape index (κ3) is 3.02. The van der Waals surface area contributed by atoms with Crippen LogP contribution in [0.4, 0.5) is 0 Å². The lowest BCUT2D eigenvalue weighted by Crippen LogP contribution is -2.01. The highest BCUT2D eigenvalue weighted by atomic mass is 127. The highest BCUT2D eigenvalue weighted by Gasteiger charge is 2.15. The van der Waals surface area contributed by atoms with Gasteiger partial charge in [0.1, 0.15) is 0 Å². The molecular weight excluding hydrogens is 335 g/mol. The van der Waals surface area contributed by atoms with Gasteiger partial charge in [-0.3, -0.25) is 0 Å². The molecule has 0 aliphatic heterocycles. The summed E-state index contributed by atoms with van der Waals surface area (Å²) in [6, 6.07) is 7.96. The molecule has 1 aromatic heterocycles. The minimum Gasteiger partial charge on any atom is -0.462 e. The summed E-state index contributed by atoms with van der Waals surface area (Å²) in [5, 5.41) is 3.71. The molecule has 0 N–H and O–H groups in total. The number of ether oxygens (including phenoxy) is 1. The first-order valence-corrected chi connectivity index (χ1v) is 5.92. The van der Waals surface area contributed by atoms with Gasteiger partial charge in [-0.25, -0.2) is 4.79 Å². The molecule has 2 rings (SSSR count). The van der Waals surface area contributed by atoms with E-state index in [1.165, 1.54) is 7.11 Å². The second kappa shape index (κ2) is 5.26. The normalized spacial score (nSPS) is 10.2. The number of nitrogens with zero attached hydrogens (tertiary/aromatic N) is 2. The van der Waals surface area contributed by atoms with Crippen LogP contribution in [0.3, 0.4) is 0 Å². The SMILES string of the molecule is COC(=O)c1nc(Cc2ccc(I)cc2)no1. The van der Waals surface area contributed by atoms with Crippen molar-refractivity contribution in [3.63, 3.8) is 0 Å². The van der Waals surface area contributed by atoms with Gasteiger partial charge in [-0.1, -0.05) is 17.3 Å². The summed E-state index contributed by atoms with van der Waals surface area (Å²) in [4.78, 5) is 15.0. The zero-order chi connectivity index (χ0) is 12.3. The smallest absolute Gasteiger partial charge is 0.397 e. The second-order valence-corrected chi connectivity index (χ2v) is 4.56. The van der Waals surface area contributed by atoms with Crippen LogP contribution >= 0.6 is 22.6 Å². The van der Waals surface area contributed by atoms with E-state index in [-0.39, 0.29) is 5.89 Å². The van der Waals surface area contributed by atoms with E-state index in [9.17, 15) is 4.79 Å². The van der Waals surface area contributed by atoms with Crippen molar-refractivity contribution in [2.24, 2.45) is 0 Å². The third-order valence-electron chi connectivity index (χ3n) is 2.10. The Bertz CT molecular complexity index is 522. The molecule has 0 saturated carbocycles. The average Bonchev–Trinajstić information content (AvgIpc) is 2.80. The average molecular weight is 344 g/mol. The Morgan fingerprint density at radius 2 is 2.12 bits per heavy atom. The molecule has 0 aliphatic carbocycles. The maximum Gasteiger partial charge on any atom is 0.397 e. The highest BCUT2D eigenvalue weighted by Crippen LogP contribution is 2.10. The zero-order valence-electron chi connectivity index (χ0n) is 9.01. The number of aromatic nitrogens is 2. The molecule has 0 spiro atoms. The standard InChI is InChI=1S/C11H9IN2O3/c1-16-11(15)10-13-9(14-17-10)6-7-2-4-8(12)5-3-7/h2-5H,6H2,1H3. The Labute approximate surface area is 111 Å². The Morgan fingerprint density at radius 1 is 1.41 bits per heavy atom. The molecule has 5 nitrogen and oxygen atoms in total. The van der Waals surface area contributed by atoms with Gasteiger partial charge in [-0.05, 0) is 40.3 Å². The van der Waals surface area contributed by atoms with Crippen molar-refractivity contribution >= 4 is 28.6 Å². The van der Waals surface area contributed by atoms with Crippen LogP contribution in [0.1, 0.15) is 22.1 Å². The molecule has 0 saturated heterocycles. The van der Waals surface area contributed by atoms with Crippen molar-refractivity contribution in [2.45, 2.75) is 6.42 Å². The van der Waals surface area contributed by atoms with Crippen molar-refractivity contribution in [3.8, 4) is 0 Å². The monoisotopic (exact) mass is 344 g/mol. The summed E-state index contributed by atoms with van der Waals surface area (Å²) in [7, 11) is 1.27. The van der Waals surface area contributed by atoms with Crippen molar-refractivity contribution < 1.29 is 14.1 Å². The Kier molecular flexibility index (Phi) is 3.72. The summed E-state index contributed by atoms with van der Waals surface area (Å²) in [6.45, 7) is 0. The maximum absolute atomic E-state index is 11.1. The zero-order valence-corrected chi connectivity index (χ0v) is 11.2. The van der Waals surface area contributed by atoms with Crippen LogP contribution in [0.15, 0.2) is 28.8 Å². The fourth-order valence-corrected chi connectivity index (χ4v) is 1.64. The number of halogens is 1. The van der Waals surface area contributed by atoms with E-state index in [1.54, 1.807) is 0 Å². The first kappa shape index (κ1) is 12.0. The molecule has 0 aliphatic rings. The number of rotatable bonds is 3. The molecule has 0 atom stereocenters. The number of methoxy groups -OCH3 is 1. The fraction of sp³-hybridized carbons (Fsp3) is 0.182. The number of carbonyl (C=O) groups is 1. The molecule has 2 aromatic rings. The van der Waals surface area contributed by atoms with Gasteiger partial charge >= 0.3 is 11.9 Å². The van der Waals surface area contributed by atoms with E-state index in [4.69, 9.17) is 4.52 Å². The van der Waals surface area contributed by atoms with E-state index in [1.807, 2.05) is 24.3 Å². The van der Waals surface area contributed by atoms with Crippen LogP contribution in [-0.2, 0) is 11.2 Å². The Balaban J connectivity index is 2.11. The fourth-order valence-electron chi connectivity index (χ4n) is 1.28. The minimum absolute atomic E-state index is 0.118. The predicted molar refractivity (Wildman–Crippen MR) is 67.6 cm³/mol. The summed E-state index contributed by atoms with van der Waals surface area (Å²) in [5.41, 5.74) is 1.06. The van der Waals surface area contributed by atoms with E-state index in [2.05, 4.69) is 37.5 Å². The number of hydrogen-bond acceptors (Lipinski definition) is 5. The quantitative estimate of drug-likeness (QED) is 0.630. The molecule has 0 fully saturated rings. The number of esters is 1. The Morgan fingerprint density at radius 3 is 2.76 bits per heavy atom. The topological polar surface area (TPSA) is 65.2 Å². The lowest BCUT2D eigenvalue weighted by Gasteiger charge is -1.96.